The van der Waals surface area contributed by atoms with Crippen LogP contribution in [0.3, 0.4) is 0 Å². The zero-order valence-corrected chi connectivity index (χ0v) is 18.4. The van der Waals surface area contributed by atoms with Crippen LogP contribution in [-0.4, -0.2) is 28.6 Å². The highest BCUT2D eigenvalue weighted by molar-refractivity contribution is 5.91. The van der Waals surface area contributed by atoms with E-state index in [1.807, 2.05) is 24.3 Å². The average molecular weight is 432 g/mol. The molecule has 6 nitrogen and oxygen atoms in total. The summed E-state index contributed by atoms with van der Waals surface area (Å²) in [6.07, 6.45) is 5.09. The van der Waals surface area contributed by atoms with Crippen LogP contribution >= 0.6 is 0 Å². The first-order chi connectivity index (χ1) is 15.7. The Morgan fingerprint density at radius 2 is 1.88 bits per heavy atom. The number of carbonyl (C=O) groups excluding carboxylic acids is 1. The average Bonchev–Trinajstić information content (AvgIpc) is 3.46. The summed E-state index contributed by atoms with van der Waals surface area (Å²) in [7, 11) is 0. The smallest absolute Gasteiger partial charge is 0.286 e. The Morgan fingerprint density at radius 1 is 1.03 bits per heavy atom. The van der Waals surface area contributed by atoms with Crippen LogP contribution in [0, 0.1) is 6.92 Å². The molecule has 0 aliphatic carbocycles. The molecule has 0 unspecified atom stereocenters. The molecule has 0 bridgehead atoms. The summed E-state index contributed by atoms with van der Waals surface area (Å²) < 4.78 is 13.4. The summed E-state index contributed by atoms with van der Waals surface area (Å²) in [5, 5.41) is 2.90. The Bertz CT molecular complexity index is 1150. The number of amides is 1. The van der Waals surface area contributed by atoms with Gasteiger partial charge >= 0.3 is 0 Å². The maximum Gasteiger partial charge on any atom is 0.286 e. The van der Waals surface area contributed by atoms with Gasteiger partial charge in [0.15, 0.2) is 5.76 Å². The molecule has 0 fully saturated rings. The van der Waals surface area contributed by atoms with Crippen LogP contribution in [0.1, 0.15) is 41.2 Å². The number of aryl methyl sites for hydroxylation is 3. The lowest BCUT2D eigenvalue weighted by Crippen LogP contribution is -2.24. The number of ether oxygens (including phenoxy) is 1. The van der Waals surface area contributed by atoms with E-state index in [1.54, 1.807) is 12.1 Å². The molecule has 32 heavy (non-hydrogen) atoms. The first-order valence-electron chi connectivity index (χ1n) is 11.2. The Kier molecular flexibility index (Phi) is 7.23. The number of rotatable bonds is 11. The predicted molar refractivity (Wildman–Crippen MR) is 125 cm³/mol. The number of furan rings is 1. The third-order valence-electron chi connectivity index (χ3n) is 5.47. The highest BCUT2D eigenvalue weighted by Crippen LogP contribution is 2.19. The molecule has 2 aromatic heterocycles. The minimum absolute atomic E-state index is 0.183. The van der Waals surface area contributed by atoms with Gasteiger partial charge in [0, 0.05) is 19.5 Å². The van der Waals surface area contributed by atoms with Crippen LogP contribution in [0.15, 0.2) is 71.3 Å². The molecule has 0 aliphatic rings. The number of aromatic nitrogens is 2. The molecule has 2 heterocycles. The number of nitrogens with one attached hydrogen (secondary N) is 1. The zero-order chi connectivity index (χ0) is 22.2. The quantitative estimate of drug-likeness (QED) is 0.333. The third kappa shape index (κ3) is 5.38. The molecule has 1 N–H and O–H groups in total. The van der Waals surface area contributed by atoms with Crippen LogP contribution in [0.5, 0.6) is 5.75 Å². The van der Waals surface area contributed by atoms with Gasteiger partial charge in [0.1, 0.15) is 11.6 Å². The number of para-hydroxylation sites is 3. The molecule has 0 saturated carbocycles. The van der Waals surface area contributed by atoms with Gasteiger partial charge in [-0.2, -0.15) is 0 Å². The van der Waals surface area contributed by atoms with Gasteiger partial charge in [0.25, 0.3) is 5.91 Å². The van der Waals surface area contributed by atoms with Gasteiger partial charge < -0.3 is 19.0 Å². The summed E-state index contributed by atoms with van der Waals surface area (Å²) >= 11 is 0. The normalized spacial score (nSPS) is 11.0. The molecule has 4 aromatic rings. The molecule has 0 radical (unpaired) electrons. The fourth-order valence-electron chi connectivity index (χ4n) is 3.78. The minimum atomic E-state index is -0.183. The molecule has 0 spiro atoms. The number of benzene rings is 2. The molecule has 0 atom stereocenters. The highest BCUT2D eigenvalue weighted by Gasteiger charge is 2.11. The van der Waals surface area contributed by atoms with Gasteiger partial charge in [0.05, 0.1) is 23.9 Å². The number of hydrogen-bond donors (Lipinski definition) is 1. The number of unbranched alkanes of at least 4 members (excludes halogenated alkanes) is 1. The first-order valence-corrected chi connectivity index (χ1v) is 11.2. The van der Waals surface area contributed by atoms with E-state index in [4.69, 9.17) is 14.1 Å². The van der Waals surface area contributed by atoms with Gasteiger partial charge in [-0.15, -0.1) is 0 Å². The first kappa shape index (κ1) is 21.7. The van der Waals surface area contributed by atoms with E-state index >= 15 is 0 Å². The molecule has 4 rings (SSSR count). The summed E-state index contributed by atoms with van der Waals surface area (Å²) in [5.41, 5.74) is 3.33. The molecule has 6 heteroatoms. The van der Waals surface area contributed by atoms with Crippen molar-refractivity contribution in [1.29, 1.82) is 0 Å². The second-order valence-corrected chi connectivity index (χ2v) is 7.83. The van der Waals surface area contributed by atoms with Crippen LogP contribution < -0.4 is 10.1 Å². The maximum atomic E-state index is 12.0. The second-order valence-electron chi connectivity index (χ2n) is 7.83. The van der Waals surface area contributed by atoms with Crippen molar-refractivity contribution in [2.24, 2.45) is 0 Å². The van der Waals surface area contributed by atoms with Crippen molar-refractivity contribution in [3.05, 3.63) is 84.1 Å². The molecule has 0 saturated heterocycles. The lowest BCUT2D eigenvalue weighted by atomic mass is 10.2. The van der Waals surface area contributed by atoms with E-state index in [0.29, 0.717) is 18.9 Å². The van der Waals surface area contributed by atoms with E-state index in [-0.39, 0.29) is 5.91 Å². The second kappa shape index (κ2) is 10.7. The van der Waals surface area contributed by atoms with Gasteiger partial charge in [-0.3, -0.25) is 4.79 Å². The van der Waals surface area contributed by atoms with Crippen molar-refractivity contribution < 1.29 is 13.9 Å². The number of carbonyl (C=O) groups is 1. The zero-order valence-electron chi connectivity index (χ0n) is 18.4. The molecule has 1 amide bonds. The highest BCUT2D eigenvalue weighted by atomic mass is 16.5. The van der Waals surface area contributed by atoms with Crippen molar-refractivity contribution in [3.63, 3.8) is 0 Å². The van der Waals surface area contributed by atoms with Gasteiger partial charge in [-0.25, -0.2) is 4.98 Å². The van der Waals surface area contributed by atoms with Crippen molar-refractivity contribution in [2.45, 2.75) is 39.2 Å². The Morgan fingerprint density at radius 3 is 2.72 bits per heavy atom. The van der Waals surface area contributed by atoms with E-state index in [2.05, 4.69) is 41.1 Å². The molecular weight excluding hydrogens is 402 g/mol. The number of nitrogens with zero attached hydrogens (tertiary/aromatic N) is 2. The number of imidazole rings is 1. The van der Waals surface area contributed by atoms with Crippen LogP contribution in [0.25, 0.3) is 11.0 Å². The molecule has 0 aliphatic heterocycles. The lowest BCUT2D eigenvalue weighted by molar-refractivity contribution is 0.0925. The standard InChI is InChI=1S/C26H29N3O3/c1-20-10-2-5-13-23(20)31-18-7-6-17-29-22-12-4-3-11-21(22)28-25(29)15-8-16-27-26(30)24-14-9-19-32-24/h2-5,9-14,19H,6-8,15-18H2,1H3,(H,27,30). The van der Waals surface area contributed by atoms with E-state index < -0.39 is 0 Å². The van der Waals surface area contributed by atoms with Crippen molar-refractivity contribution in [1.82, 2.24) is 14.9 Å². The Balaban J connectivity index is 1.30. The lowest BCUT2D eigenvalue weighted by Gasteiger charge is -2.11. The summed E-state index contributed by atoms with van der Waals surface area (Å²) in [4.78, 5) is 16.9. The van der Waals surface area contributed by atoms with Gasteiger partial charge in [-0.1, -0.05) is 30.3 Å². The summed E-state index contributed by atoms with van der Waals surface area (Å²) in [6.45, 7) is 4.24. The van der Waals surface area contributed by atoms with Crippen LogP contribution in [0.4, 0.5) is 0 Å². The third-order valence-corrected chi connectivity index (χ3v) is 5.47. The topological polar surface area (TPSA) is 69.3 Å². The van der Waals surface area contributed by atoms with Crippen molar-refractivity contribution in [2.75, 3.05) is 13.2 Å². The summed E-state index contributed by atoms with van der Waals surface area (Å²) in [5.74, 6) is 2.17. The van der Waals surface area contributed by atoms with Crippen LogP contribution in [-0.2, 0) is 13.0 Å². The fourth-order valence-corrected chi connectivity index (χ4v) is 3.78. The van der Waals surface area contributed by atoms with E-state index in [9.17, 15) is 4.79 Å². The Hall–Kier alpha value is -3.54. The van der Waals surface area contributed by atoms with Crippen molar-refractivity contribution in [3.8, 4) is 5.75 Å². The Labute approximate surface area is 188 Å². The SMILES string of the molecule is Cc1ccccc1OCCCCn1c(CCCNC(=O)c2ccco2)nc2ccccc21. The largest absolute Gasteiger partial charge is 0.493 e. The van der Waals surface area contributed by atoms with Crippen molar-refractivity contribution >= 4 is 16.9 Å². The van der Waals surface area contributed by atoms with E-state index in [0.717, 1.165) is 60.4 Å². The van der Waals surface area contributed by atoms with Crippen LogP contribution in [0.2, 0.25) is 0 Å². The predicted octanol–water partition coefficient (Wildman–Crippen LogP) is 5.16. The summed E-state index contributed by atoms with van der Waals surface area (Å²) in [6, 6.07) is 19.7. The fraction of sp³-hybridized carbons (Fsp3) is 0.308. The minimum Gasteiger partial charge on any atom is -0.493 e. The number of fused-ring (bicyclic) bond motifs is 1. The maximum absolute atomic E-state index is 12.0. The monoisotopic (exact) mass is 431 g/mol. The van der Waals surface area contributed by atoms with Gasteiger partial charge in [-0.05, 0) is 62.1 Å². The molecular formula is C26H29N3O3. The van der Waals surface area contributed by atoms with E-state index in [1.165, 1.54) is 6.26 Å². The number of hydrogen-bond acceptors (Lipinski definition) is 4. The molecule has 2 aromatic carbocycles. The molecule has 166 valence electrons. The van der Waals surface area contributed by atoms with Gasteiger partial charge in [0.2, 0.25) is 0 Å².